The molecule has 0 spiro atoms. The van der Waals surface area contributed by atoms with Gasteiger partial charge in [-0.3, -0.25) is 4.79 Å². The fourth-order valence-electron chi connectivity index (χ4n) is 2.59. The van der Waals surface area contributed by atoms with Crippen LogP contribution in [0, 0.1) is 6.92 Å². The van der Waals surface area contributed by atoms with Crippen molar-refractivity contribution in [2.24, 2.45) is 0 Å². The molecule has 4 N–H and O–H groups in total. The van der Waals surface area contributed by atoms with E-state index in [0.29, 0.717) is 10.7 Å². The molecule has 0 saturated carbocycles. The highest BCUT2D eigenvalue weighted by atomic mass is 32.1. The van der Waals surface area contributed by atoms with Gasteiger partial charge in [-0.05, 0) is 38.1 Å². The molecule has 1 heterocycles. The van der Waals surface area contributed by atoms with Crippen molar-refractivity contribution in [3.05, 3.63) is 70.6 Å². The van der Waals surface area contributed by atoms with Gasteiger partial charge in [0.25, 0.3) is 5.91 Å². The number of rotatable bonds is 6. The molecule has 2 aromatic carbocycles. The SMILES string of the molecule is CCOC(=O)c1sc(Nc2ccccc2)c(C(=O)Nc2ccc(C)cc2)c1N. The van der Waals surface area contributed by atoms with Crippen molar-refractivity contribution in [2.75, 3.05) is 23.0 Å². The summed E-state index contributed by atoms with van der Waals surface area (Å²) >= 11 is 1.10. The first-order chi connectivity index (χ1) is 13.5. The topological polar surface area (TPSA) is 93.4 Å². The van der Waals surface area contributed by atoms with Crippen LogP contribution in [0.2, 0.25) is 0 Å². The summed E-state index contributed by atoms with van der Waals surface area (Å²) in [6.45, 7) is 3.91. The molecule has 6 nitrogen and oxygen atoms in total. The molecule has 0 aliphatic carbocycles. The summed E-state index contributed by atoms with van der Waals surface area (Å²) in [5.74, 6) is -0.943. The number of aryl methyl sites for hydroxylation is 1. The molecular formula is C21H21N3O3S. The number of para-hydroxylation sites is 1. The minimum atomic E-state index is -0.546. The van der Waals surface area contributed by atoms with Crippen molar-refractivity contribution in [3.8, 4) is 0 Å². The van der Waals surface area contributed by atoms with E-state index in [9.17, 15) is 9.59 Å². The molecule has 144 valence electrons. The van der Waals surface area contributed by atoms with Crippen molar-refractivity contribution >= 4 is 45.3 Å². The summed E-state index contributed by atoms with van der Waals surface area (Å²) in [6.07, 6.45) is 0. The summed E-state index contributed by atoms with van der Waals surface area (Å²) in [5, 5.41) is 6.49. The monoisotopic (exact) mass is 395 g/mol. The maximum Gasteiger partial charge on any atom is 0.350 e. The van der Waals surface area contributed by atoms with Crippen LogP contribution in [0.1, 0.15) is 32.5 Å². The number of benzene rings is 2. The Morgan fingerprint density at radius 1 is 1.04 bits per heavy atom. The van der Waals surface area contributed by atoms with Gasteiger partial charge in [0.15, 0.2) is 0 Å². The van der Waals surface area contributed by atoms with Gasteiger partial charge in [-0.2, -0.15) is 0 Å². The Hall–Kier alpha value is -3.32. The van der Waals surface area contributed by atoms with E-state index < -0.39 is 11.9 Å². The number of nitrogen functional groups attached to an aromatic ring is 1. The van der Waals surface area contributed by atoms with Gasteiger partial charge in [0.1, 0.15) is 9.88 Å². The predicted octanol–water partition coefficient (Wildman–Crippen LogP) is 4.81. The minimum Gasteiger partial charge on any atom is -0.462 e. The molecule has 3 aromatic rings. The standard InChI is InChI=1S/C21H21N3O3S/c1-3-27-21(26)18-17(22)16(19(25)23-15-11-9-13(2)10-12-15)20(28-18)24-14-7-5-4-6-8-14/h4-12,24H,3,22H2,1-2H3,(H,23,25). The lowest BCUT2D eigenvalue weighted by Gasteiger charge is -2.09. The van der Waals surface area contributed by atoms with Crippen molar-refractivity contribution in [1.29, 1.82) is 0 Å². The maximum absolute atomic E-state index is 12.9. The lowest BCUT2D eigenvalue weighted by Crippen LogP contribution is -2.15. The third-order valence-corrected chi connectivity index (χ3v) is 5.08. The van der Waals surface area contributed by atoms with E-state index in [1.54, 1.807) is 6.92 Å². The molecular weight excluding hydrogens is 374 g/mol. The van der Waals surface area contributed by atoms with Crippen LogP contribution in [0.3, 0.4) is 0 Å². The quantitative estimate of drug-likeness (QED) is 0.521. The number of anilines is 4. The average molecular weight is 395 g/mol. The van der Waals surface area contributed by atoms with Crippen LogP contribution in [0.25, 0.3) is 0 Å². The zero-order chi connectivity index (χ0) is 20.1. The van der Waals surface area contributed by atoms with Crippen LogP contribution in [0.4, 0.5) is 22.1 Å². The Morgan fingerprint density at radius 2 is 1.71 bits per heavy atom. The molecule has 7 heteroatoms. The van der Waals surface area contributed by atoms with Crippen LogP contribution in [0.15, 0.2) is 54.6 Å². The molecule has 0 saturated heterocycles. The largest absolute Gasteiger partial charge is 0.462 e. The Bertz CT molecular complexity index is 982. The highest BCUT2D eigenvalue weighted by molar-refractivity contribution is 7.19. The molecule has 0 fully saturated rings. The normalized spacial score (nSPS) is 10.4. The van der Waals surface area contributed by atoms with Crippen molar-refractivity contribution < 1.29 is 14.3 Å². The van der Waals surface area contributed by atoms with Crippen molar-refractivity contribution in [2.45, 2.75) is 13.8 Å². The second-order valence-corrected chi connectivity index (χ2v) is 7.10. The van der Waals surface area contributed by atoms with Crippen LogP contribution < -0.4 is 16.4 Å². The fraction of sp³-hybridized carbons (Fsp3) is 0.143. The van der Waals surface area contributed by atoms with Gasteiger partial charge in [-0.1, -0.05) is 35.9 Å². The fourth-order valence-corrected chi connectivity index (χ4v) is 3.62. The van der Waals surface area contributed by atoms with Crippen LogP contribution in [-0.4, -0.2) is 18.5 Å². The number of carbonyl (C=O) groups is 2. The average Bonchev–Trinajstić information content (AvgIpc) is 3.00. The zero-order valence-corrected chi connectivity index (χ0v) is 16.4. The first-order valence-corrected chi connectivity index (χ1v) is 9.60. The summed E-state index contributed by atoms with van der Waals surface area (Å²) in [4.78, 5) is 25.4. The van der Waals surface area contributed by atoms with E-state index in [0.717, 1.165) is 22.6 Å². The van der Waals surface area contributed by atoms with E-state index in [1.807, 2.05) is 61.5 Å². The molecule has 1 amide bonds. The highest BCUT2D eigenvalue weighted by Crippen LogP contribution is 2.38. The number of carbonyl (C=O) groups excluding carboxylic acids is 2. The predicted molar refractivity (Wildman–Crippen MR) is 114 cm³/mol. The number of ether oxygens (including phenoxy) is 1. The number of thiophene rings is 1. The minimum absolute atomic E-state index is 0.103. The highest BCUT2D eigenvalue weighted by Gasteiger charge is 2.26. The van der Waals surface area contributed by atoms with Crippen molar-refractivity contribution in [3.63, 3.8) is 0 Å². The number of esters is 1. The summed E-state index contributed by atoms with van der Waals surface area (Å²) in [6, 6.07) is 16.8. The molecule has 0 atom stereocenters. The maximum atomic E-state index is 12.9. The summed E-state index contributed by atoms with van der Waals surface area (Å²) < 4.78 is 5.07. The van der Waals surface area contributed by atoms with Gasteiger partial charge in [0.05, 0.1) is 17.9 Å². The van der Waals surface area contributed by atoms with E-state index in [-0.39, 0.29) is 22.7 Å². The molecule has 1 aromatic heterocycles. The Labute approximate surface area is 167 Å². The van der Waals surface area contributed by atoms with E-state index >= 15 is 0 Å². The van der Waals surface area contributed by atoms with Gasteiger partial charge in [-0.25, -0.2) is 4.79 Å². The first kappa shape index (κ1) is 19.4. The second kappa shape index (κ2) is 8.58. The van der Waals surface area contributed by atoms with Crippen LogP contribution >= 0.6 is 11.3 Å². The zero-order valence-electron chi connectivity index (χ0n) is 15.6. The Morgan fingerprint density at radius 3 is 2.36 bits per heavy atom. The molecule has 28 heavy (non-hydrogen) atoms. The number of nitrogens with one attached hydrogen (secondary N) is 2. The van der Waals surface area contributed by atoms with E-state index in [1.165, 1.54) is 0 Å². The smallest absolute Gasteiger partial charge is 0.350 e. The van der Waals surface area contributed by atoms with Gasteiger partial charge in [-0.15, -0.1) is 11.3 Å². The van der Waals surface area contributed by atoms with E-state index in [4.69, 9.17) is 10.5 Å². The summed E-state index contributed by atoms with van der Waals surface area (Å²) in [5.41, 5.74) is 9.01. The van der Waals surface area contributed by atoms with Crippen LogP contribution in [-0.2, 0) is 4.74 Å². The van der Waals surface area contributed by atoms with Gasteiger partial charge >= 0.3 is 5.97 Å². The summed E-state index contributed by atoms with van der Waals surface area (Å²) in [7, 11) is 0. The molecule has 0 aliphatic rings. The number of hydrogen-bond acceptors (Lipinski definition) is 6. The van der Waals surface area contributed by atoms with Gasteiger partial charge in [0, 0.05) is 11.4 Å². The Balaban J connectivity index is 1.97. The van der Waals surface area contributed by atoms with Gasteiger partial charge in [0.2, 0.25) is 0 Å². The molecule has 0 radical (unpaired) electrons. The molecule has 0 bridgehead atoms. The third-order valence-electron chi connectivity index (χ3n) is 3.97. The molecule has 0 unspecified atom stereocenters. The second-order valence-electron chi connectivity index (χ2n) is 6.08. The van der Waals surface area contributed by atoms with Crippen molar-refractivity contribution in [1.82, 2.24) is 0 Å². The molecule has 3 rings (SSSR count). The number of amides is 1. The lowest BCUT2D eigenvalue weighted by atomic mass is 10.2. The van der Waals surface area contributed by atoms with Crippen LogP contribution in [0.5, 0.6) is 0 Å². The first-order valence-electron chi connectivity index (χ1n) is 8.79. The number of hydrogen-bond donors (Lipinski definition) is 3. The third kappa shape index (κ3) is 4.32. The van der Waals surface area contributed by atoms with Gasteiger partial charge < -0.3 is 21.1 Å². The number of nitrogens with two attached hydrogens (primary N) is 1. The molecule has 0 aliphatic heterocycles. The van der Waals surface area contributed by atoms with E-state index in [2.05, 4.69) is 10.6 Å². The lowest BCUT2D eigenvalue weighted by molar-refractivity contribution is 0.0533. The Kier molecular flexibility index (Phi) is 5.96.